The highest BCUT2D eigenvalue weighted by atomic mass is 16.4. The molecule has 2 heterocycles. The zero-order valence-electron chi connectivity index (χ0n) is 11.3. The van der Waals surface area contributed by atoms with Gasteiger partial charge >= 0.3 is 5.97 Å². The number of amides is 2. The number of piperidine rings is 1. The summed E-state index contributed by atoms with van der Waals surface area (Å²) < 4.78 is 1.58. The Balaban J connectivity index is 2.10. The van der Waals surface area contributed by atoms with E-state index >= 15 is 0 Å². The Bertz CT molecular complexity index is 778. The molecule has 0 aliphatic carbocycles. The SMILES string of the molecule is Cn1nc2cc(C(=O)O)ccc2c1C1CCC(=O)NC1=O. The van der Waals surface area contributed by atoms with Gasteiger partial charge in [-0.3, -0.25) is 19.6 Å². The predicted molar refractivity (Wildman–Crippen MR) is 72.8 cm³/mol. The van der Waals surface area contributed by atoms with Gasteiger partial charge in [0.1, 0.15) is 0 Å². The number of rotatable bonds is 2. The fraction of sp³-hybridized carbons (Fsp3) is 0.286. The van der Waals surface area contributed by atoms with E-state index in [2.05, 4.69) is 10.4 Å². The summed E-state index contributed by atoms with van der Waals surface area (Å²) in [6.45, 7) is 0. The molecular formula is C14H13N3O4. The number of aryl methyl sites for hydroxylation is 1. The monoisotopic (exact) mass is 287 g/mol. The number of hydrogen-bond donors (Lipinski definition) is 2. The van der Waals surface area contributed by atoms with Crippen molar-refractivity contribution in [2.75, 3.05) is 0 Å². The van der Waals surface area contributed by atoms with E-state index in [4.69, 9.17) is 5.11 Å². The molecule has 1 aliphatic rings. The normalized spacial score (nSPS) is 18.8. The lowest BCUT2D eigenvalue weighted by Crippen LogP contribution is -2.40. The summed E-state index contributed by atoms with van der Waals surface area (Å²) in [4.78, 5) is 34.2. The number of aromatic nitrogens is 2. The molecule has 7 nitrogen and oxygen atoms in total. The number of benzene rings is 1. The maximum Gasteiger partial charge on any atom is 0.335 e. The number of carbonyl (C=O) groups excluding carboxylic acids is 2. The molecule has 108 valence electrons. The summed E-state index contributed by atoms with van der Waals surface area (Å²) in [5.74, 6) is -2.08. The lowest BCUT2D eigenvalue weighted by atomic mass is 9.92. The minimum Gasteiger partial charge on any atom is -0.478 e. The Morgan fingerprint density at radius 1 is 1.43 bits per heavy atom. The van der Waals surface area contributed by atoms with E-state index in [-0.39, 0.29) is 23.8 Å². The Morgan fingerprint density at radius 3 is 2.86 bits per heavy atom. The quantitative estimate of drug-likeness (QED) is 0.795. The number of imide groups is 1. The van der Waals surface area contributed by atoms with Crippen LogP contribution in [0.1, 0.15) is 34.8 Å². The van der Waals surface area contributed by atoms with E-state index in [0.717, 1.165) is 5.39 Å². The van der Waals surface area contributed by atoms with Gasteiger partial charge in [-0.1, -0.05) is 6.07 Å². The van der Waals surface area contributed by atoms with Crippen molar-refractivity contribution in [3.05, 3.63) is 29.5 Å². The molecule has 2 aromatic rings. The molecule has 0 saturated carbocycles. The largest absolute Gasteiger partial charge is 0.478 e. The van der Waals surface area contributed by atoms with Gasteiger partial charge in [-0.15, -0.1) is 0 Å². The molecule has 3 rings (SSSR count). The van der Waals surface area contributed by atoms with E-state index in [0.29, 0.717) is 17.6 Å². The third kappa shape index (κ3) is 2.16. The van der Waals surface area contributed by atoms with Crippen LogP contribution in [0.25, 0.3) is 10.9 Å². The zero-order valence-corrected chi connectivity index (χ0v) is 11.3. The fourth-order valence-electron chi connectivity index (χ4n) is 2.72. The van der Waals surface area contributed by atoms with Crippen LogP contribution in [-0.4, -0.2) is 32.7 Å². The number of carboxylic acids is 1. The number of hydrogen-bond acceptors (Lipinski definition) is 4. The number of nitrogens with zero attached hydrogens (tertiary/aromatic N) is 2. The Morgan fingerprint density at radius 2 is 2.19 bits per heavy atom. The molecular weight excluding hydrogens is 274 g/mol. The summed E-state index contributed by atoms with van der Waals surface area (Å²) in [5.41, 5.74) is 1.37. The number of nitrogens with one attached hydrogen (secondary N) is 1. The molecule has 0 radical (unpaired) electrons. The second-order valence-corrected chi connectivity index (χ2v) is 5.05. The molecule has 1 unspecified atom stereocenters. The predicted octanol–water partition coefficient (Wildman–Crippen LogP) is 0.792. The smallest absolute Gasteiger partial charge is 0.335 e. The van der Waals surface area contributed by atoms with Crippen LogP contribution in [-0.2, 0) is 16.6 Å². The van der Waals surface area contributed by atoms with Crippen molar-refractivity contribution in [2.24, 2.45) is 7.05 Å². The number of fused-ring (bicyclic) bond motifs is 1. The van der Waals surface area contributed by atoms with Crippen LogP contribution < -0.4 is 5.32 Å². The molecule has 21 heavy (non-hydrogen) atoms. The van der Waals surface area contributed by atoms with Crippen molar-refractivity contribution >= 4 is 28.7 Å². The molecule has 1 aliphatic heterocycles. The molecule has 1 fully saturated rings. The standard InChI is InChI=1S/C14H13N3O4/c1-17-12(9-4-5-11(18)15-13(9)19)8-3-2-7(14(20)21)6-10(8)16-17/h2-3,6,9H,4-5H2,1H3,(H,20,21)(H,15,18,19). The zero-order chi connectivity index (χ0) is 15.1. The van der Waals surface area contributed by atoms with Crippen molar-refractivity contribution in [1.82, 2.24) is 15.1 Å². The number of carbonyl (C=O) groups is 3. The Labute approximate surface area is 119 Å². The van der Waals surface area contributed by atoms with Crippen molar-refractivity contribution in [2.45, 2.75) is 18.8 Å². The molecule has 1 saturated heterocycles. The molecule has 1 aromatic carbocycles. The third-order valence-electron chi connectivity index (χ3n) is 3.70. The average molecular weight is 287 g/mol. The first kappa shape index (κ1) is 13.3. The second kappa shape index (κ2) is 4.69. The molecule has 0 spiro atoms. The maximum absolute atomic E-state index is 12.0. The van der Waals surface area contributed by atoms with Crippen molar-refractivity contribution in [1.29, 1.82) is 0 Å². The molecule has 7 heteroatoms. The lowest BCUT2D eigenvalue weighted by Gasteiger charge is -2.21. The highest BCUT2D eigenvalue weighted by Crippen LogP contribution is 2.31. The van der Waals surface area contributed by atoms with E-state index < -0.39 is 11.9 Å². The van der Waals surface area contributed by atoms with Gasteiger partial charge in [0.25, 0.3) is 0 Å². The number of carboxylic acid groups (broad SMARTS) is 1. The van der Waals surface area contributed by atoms with Gasteiger partial charge in [0.2, 0.25) is 11.8 Å². The summed E-state index contributed by atoms with van der Waals surface area (Å²) in [5, 5.41) is 16.3. The lowest BCUT2D eigenvalue weighted by molar-refractivity contribution is -0.134. The maximum atomic E-state index is 12.0. The van der Waals surface area contributed by atoms with Gasteiger partial charge in [-0.05, 0) is 18.6 Å². The molecule has 0 bridgehead atoms. The van der Waals surface area contributed by atoms with Gasteiger partial charge in [-0.2, -0.15) is 5.10 Å². The molecule has 2 amide bonds. The first-order chi connectivity index (χ1) is 9.97. The van der Waals surface area contributed by atoms with Crippen molar-refractivity contribution < 1.29 is 19.5 Å². The van der Waals surface area contributed by atoms with Crippen LogP contribution in [0, 0.1) is 0 Å². The van der Waals surface area contributed by atoms with E-state index in [1.54, 1.807) is 17.8 Å². The first-order valence-electron chi connectivity index (χ1n) is 6.51. The summed E-state index contributed by atoms with van der Waals surface area (Å²) >= 11 is 0. The topological polar surface area (TPSA) is 101 Å². The summed E-state index contributed by atoms with van der Waals surface area (Å²) in [6.07, 6.45) is 0.719. The molecule has 1 atom stereocenters. The Kier molecular flexibility index (Phi) is 2.97. The van der Waals surface area contributed by atoms with E-state index in [1.807, 2.05) is 0 Å². The summed E-state index contributed by atoms with van der Waals surface area (Å²) in [6, 6.07) is 4.62. The summed E-state index contributed by atoms with van der Waals surface area (Å²) in [7, 11) is 1.71. The molecule has 1 aromatic heterocycles. The van der Waals surface area contributed by atoms with Gasteiger partial charge < -0.3 is 5.11 Å². The van der Waals surface area contributed by atoms with Crippen molar-refractivity contribution in [3.8, 4) is 0 Å². The van der Waals surface area contributed by atoms with Crippen molar-refractivity contribution in [3.63, 3.8) is 0 Å². The Hall–Kier alpha value is -2.70. The van der Waals surface area contributed by atoms with Crippen LogP contribution in [0.4, 0.5) is 0 Å². The average Bonchev–Trinajstić information content (AvgIpc) is 2.74. The molecule has 2 N–H and O–H groups in total. The highest BCUT2D eigenvalue weighted by molar-refractivity contribution is 6.03. The fourth-order valence-corrected chi connectivity index (χ4v) is 2.72. The first-order valence-corrected chi connectivity index (χ1v) is 6.51. The van der Waals surface area contributed by atoms with Crippen LogP contribution in [0.5, 0.6) is 0 Å². The van der Waals surface area contributed by atoms with Gasteiger partial charge in [-0.25, -0.2) is 4.79 Å². The highest BCUT2D eigenvalue weighted by Gasteiger charge is 2.31. The van der Waals surface area contributed by atoms with Crippen LogP contribution >= 0.6 is 0 Å². The number of aromatic carboxylic acids is 1. The van der Waals surface area contributed by atoms with Gasteiger partial charge in [0.15, 0.2) is 0 Å². The second-order valence-electron chi connectivity index (χ2n) is 5.05. The van der Waals surface area contributed by atoms with Crippen LogP contribution in [0.3, 0.4) is 0 Å². The third-order valence-corrected chi connectivity index (χ3v) is 3.70. The minimum atomic E-state index is -1.02. The minimum absolute atomic E-state index is 0.149. The van der Waals surface area contributed by atoms with E-state index in [1.165, 1.54) is 12.1 Å². The van der Waals surface area contributed by atoms with E-state index in [9.17, 15) is 14.4 Å². The van der Waals surface area contributed by atoms with Gasteiger partial charge in [0.05, 0.1) is 22.7 Å². The van der Waals surface area contributed by atoms with Crippen LogP contribution in [0.2, 0.25) is 0 Å². The van der Waals surface area contributed by atoms with Crippen LogP contribution in [0.15, 0.2) is 18.2 Å². The van der Waals surface area contributed by atoms with Gasteiger partial charge in [0, 0.05) is 18.9 Å².